The average molecular weight is 377 g/mol. The standard InChI is InChI=1S/C18H21N2O.CH4.BrH/c21-18(19-11-6-7-12-19)15-20-13-5-4-10-17(20)14-16-8-2-1-3-9-16;;/h1-5,8-10,13H,6-7,11-12,14-15H2;1H4;1H/q+1;;/p-1. The molecule has 124 valence electrons. The lowest BCUT2D eigenvalue weighted by molar-refractivity contribution is -0.692. The summed E-state index contributed by atoms with van der Waals surface area (Å²) in [6.07, 6.45) is 5.14. The van der Waals surface area contributed by atoms with E-state index in [-0.39, 0.29) is 30.3 Å². The van der Waals surface area contributed by atoms with Gasteiger partial charge in [-0.05, 0) is 18.4 Å². The van der Waals surface area contributed by atoms with Gasteiger partial charge in [0.15, 0.2) is 11.9 Å². The predicted molar refractivity (Wildman–Crippen MR) is 88.4 cm³/mol. The number of rotatable bonds is 4. The van der Waals surface area contributed by atoms with E-state index >= 15 is 0 Å². The monoisotopic (exact) mass is 376 g/mol. The van der Waals surface area contributed by atoms with Crippen molar-refractivity contribution in [3.05, 3.63) is 66.0 Å². The number of hydrogen-bond acceptors (Lipinski definition) is 1. The number of nitrogens with zero attached hydrogens (tertiary/aromatic N) is 2. The van der Waals surface area contributed by atoms with Gasteiger partial charge in [-0.15, -0.1) is 0 Å². The predicted octanol–water partition coefficient (Wildman–Crippen LogP) is -0.173. The summed E-state index contributed by atoms with van der Waals surface area (Å²) in [4.78, 5) is 14.3. The van der Waals surface area contributed by atoms with Crippen LogP contribution in [0.2, 0.25) is 0 Å². The van der Waals surface area contributed by atoms with Crippen LogP contribution in [0.1, 0.15) is 31.5 Å². The largest absolute Gasteiger partial charge is 1.00 e. The molecule has 0 atom stereocenters. The first kappa shape index (κ1) is 19.4. The van der Waals surface area contributed by atoms with Crippen LogP contribution in [0.5, 0.6) is 0 Å². The number of carbonyl (C=O) groups is 1. The minimum absolute atomic E-state index is 0. The van der Waals surface area contributed by atoms with Crippen molar-refractivity contribution in [2.45, 2.75) is 33.2 Å². The molecule has 0 spiro atoms. The number of aromatic nitrogens is 1. The summed E-state index contributed by atoms with van der Waals surface area (Å²) in [5.74, 6) is 0.234. The number of hydrogen-bond donors (Lipinski definition) is 0. The summed E-state index contributed by atoms with van der Waals surface area (Å²) in [6.45, 7) is 2.28. The summed E-state index contributed by atoms with van der Waals surface area (Å²) < 4.78 is 2.08. The molecule has 1 aliphatic heterocycles. The molecular formula is C19H25BrN2O. The van der Waals surface area contributed by atoms with Crippen molar-refractivity contribution in [3.8, 4) is 0 Å². The normalized spacial score (nSPS) is 13.1. The molecular weight excluding hydrogens is 352 g/mol. The molecule has 1 saturated heterocycles. The molecule has 1 fully saturated rings. The second kappa shape index (κ2) is 9.46. The number of likely N-dealkylation sites (tertiary alicyclic amines) is 1. The second-order valence-corrected chi connectivity index (χ2v) is 5.57. The minimum Gasteiger partial charge on any atom is -1.00 e. The Hall–Kier alpha value is -1.68. The number of carbonyl (C=O) groups excluding carboxylic acids is 1. The highest BCUT2D eigenvalue weighted by Gasteiger charge is 2.22. The van der Waals surface area contributed by atoms with E-state index in [9.17, 15) is 4.79 Å². The molecule has 0 aliphatic carbocycles. The van der Waals surface area contributed by atoms with Gasteiger partial charge in [-0.2, -0.15) is 4.57 Å². The Morgan fingerprint density at radius 2 is 1.65 bits per heavy atom. The highest BCUT2D eigenvalue weighted by molar-refractivity contribution is 5.74. The number of amides is 1. The molecule has 4 heteroatoms. The lowest BCUT2D eigenvalue weighted by atomic mass is 10.1. The molecule has 3 rings (SSSR count). The van der Waals surface area contributed by atoms with Crippen molar-refractivity contribution in [2.75, 3.05) is 13.1 Å². The second-order valence-electron chi connectivity index (χ2n) is 5.57. The maximum Gasteiger partial charge on any atom is 0.288 e. The smallest absolute Gasteiger partial charge is 0.288 e. The molecule has 0 unspecified atom stereocenters. The van der Waals surface area contributed by atoms with Crippen LogP contribution in [0.4, 0.5) is 0 Å². The zero-order valence-electron chi connectivity index (χ0n) is 12.6. The van der Waals surface area contributed by atoms with Crippen LogP contribution < -0.4 is 21.5 Å². The molecule has 1 aromatic heterocycles. The molecule has 1 aliphatic rings. The zero-order chi connectivity index (χ0) is 14.5. The summed E-state index contributed by atoms with van der Waals surface area (Å²) in [5.41, 5.74) is 2.45. The molecule has 0 radical (unpaired) electrons. The van der Waals surface area contributed by atoms with E-state index < -0.39 is 0 Å². The lowest BCUT2D eigenvalue weighted by Gasteiger charge is -2.13. The van der Waals surface area contributed by atoms with Gasteiger partial charge >= 0.3 is 0 Å². The Balaban J connectivity index is 0.00000132. The average Bonchev–Trinajstić information content (AvgIpc) is 3.05. The van der Waals surface area contributed by atoms with Crippen LogP contribution in [-0.4, -0.2) is 23.9 Å². The van der Waals surface area contributed by atoms with Gasteiger partial charge in [0, 0.05) is 25.2 Å². The van der Waals surface area contributed by atoms with Gasteiger partial charge in [-0.3, -0.25) is 4.79 Å². The van der Waals surface area contributed by atoms with E-state index in [1.807, 2.05) is 29.3 Å². The van der Waals surface area contributed by atoms with Crippen molar-refractivity contribution in [1.29, 1.82) is 0 Å². The Kier molecular flexibility index (Phi) is 7.96. The summed E-state index contributed by atoms with van der Waals surface area (Å²) in [6, 6.07) is 16.5. The molecule has 1 aromatic carbocycles. The first-order chi connectivity index (χ1) is 10.3. The third-order valence-electron chi connectivity index (χ3n) is 4.03. The van der Waals surface area contributed by atoms with Gasteiger partial charge in [0.25, 0.3) is 5.91 Å². The van der Waals surface area contributed by atoms with E-state index in [4.69, 9.17) is 0 Å². The van der Waals surface area contributed by atoms with Crippen LogP contribution in [-0.2, 0) is 17.8 Å². The van der Waals surface area contributed by atoms with Crippen LogP contribution in [0.25, 0.3) is 0 Å². The minimum atomic E-state index is 0. The quantitative estimate of drug-likeness (QED) is 0.679. The van der Waals surface area contributed by atoms with Crippen molar-refractivity contribution in [2.24, 2.45) is 0 Å². The summed E-state index contributed by atoms with van der Waals surface area (Å²) in [7, 11) is 0. The lowest BCUT2D eigenvalue weighted by Crippen LogP contribution is -3.00. The fourth-order valence-electron chi connectivity index (χ4n) is 2.84. The van der Waals surface area contributed by atoms with E-state index in [1.54, 1.807) is 0 Å². The molecule has 1 amide bonds. The third-order valence-corrected chi connectivity index (χ3v) is 4.03. The fourth-order valence-corrected chi connectivity index (χ4v) is 2.84. The number of benzene rings is 1. The molecule has 23 heavy (non-hydrogen) atoms. The number of pyridine rings is 1. The molecule has 0 N–H and O–H groups in total. The van der Waals surface area contributed by atoms with E-state index in [0.717, 1.165) is 32.4 Å². The highest BCUT2D eigenvalue weighted by Crippen LogP contribution is 2.08. The van der Waals surface area contributed by atoms with Gasteiger partial charge in [0.2, 0.25) is 6.54 Å². The topological polar surface area (TPSA) is 24.2 Å². The van der Waals surface area contributed by atoms with E-state index in [2.05, 4.69) is 34.9 Å². The van der Waals surface area contributed by atoms with Gasteiger partial charge in [-0.1, -0.05) is 43.8 Å². The van der Waals surface area contributed by atoms with Crippen molar-refractivity contribution in [1.82, 2.24) is 4.90 Å². The molecule has 3 nitrogen and oxygen atoms in total. The first-order valence-electron chi connectivity index (χ1n) is 7.62. The fraction of sp³-hybridized carbons (Fsp3) is 0.368. The number of halogens is 1. The SMILES string of the molecule is C.O=C(C[n+]1ccccc1Cc1ccccc1)N1CCCC1.[Br-]. The van der Waals surface area contributed by atoms with Crippen LogP contribution in [0, 0.1) is 0 Å². The summed E-state index contributed by atoms with van der Waals surface area (Å²) >= 11 is 0. The van der Waals surface area contributed by atoms with Crippen LogP contribution in [0.3, 0.4) is 0 Å². The molecule has 0 saturated carbocycles. The Morgan fingerprint density at radius 1 is 1.00 bits per heavy atom. The van der Waals surface area contributed by atoms with Crippen LogP contribution in [0.15, 0.2) is 54.7 Å². The molecule has 2 heterocycles. The van der Waals surface area contributed by atoms with Gasteiger partial charge in [-0.25, -0.2) is 0 Å². The summed E-state index contributed by atoms with van der Waals surface area (Å²) in [5, 5.41) is 0. The maximum atomic E-state index is 12.3. The Morgan fingerprint density at radius 3 is 2.35 bits per heavy atom. The van der Waals surface area contributed by atoms with Crippen molar-refractivity contribution >= 4 is 5.91 Å². The van der Waals surface area contributed by atoms with Crippen LogP contribution >= 0.6 is 0 Å². The van der Waals surface area contributed by atoms with Gasteiger partial charge in [0.05, 0.1) is 6.42 Å². The zero-order valence-corrected chi connectivity index (χ0v) is 14.2. The van der Waals surface area contributed by atoms with E-state index in [0.29, 0.717) is 6.54 Å². The Labute approximate surface area is 149 Å². The Bertz CT molecular complexity index is 610. The maximum absolute atomic E-state index is 12.3. The molecule has 2 aromatic rings. The molecule has 0 bridgehead atoms. The van der Waals surface area contributed by atoms with Crippen molar-refractivity contribution < 1.29 is 26.3 Å². The van der Waals surface area contributed by atoms with Gasteiger partial charge in [0.1, 0.15) is 0 Å². The van der Waals surface area contributed by atoms with Crippen molar-refractivity contribution in [3.63, 3.8) is 0 Å². The first-order valence-corrected chi connectivity index (χ1v) is 7.62. The highest BCUT2D eigenvalue weighted by atomic mass is 79.9. The van der Waals surface area contributed by atoms with Gasteiger partial charge < -0.3 is 21.9 Å². The van der Waals surface area contributed by atoms with E-state index in [1.165, 1.54) is 11.3 Å². The third kappa shape index (κ3) is 5.17.